The number of nitriles is 1. The molecule has 1 atom stereocenters. The first-order chi connectivity index (χ1) is 13.7. The number of benzene rings is 2. The van der Waals surface area contributed by atoms with Crippen LogP contribution >= 0.6 is 11.3 Å². The average Bonchev–Trinajstić information content (AvgIpc) is 3.27. The first kappa shape index (κ1) is 19.2. The van der Waals surface area contributed by atoms with Gasteiger partial charge in [-0.15, -0.1) is 10.2 Å². The summed E-state index contributed by atoms with van der Waals surface area (Å²) in [6, 6.07) is 17.3. The van der Waals surface area contributed by atoms with Gasteiger partial charge in [0.1, 0.15) is 23.1 Å². The third kappa shape index (κ3) is 4.99. The van der Waals surface area contributed by atoms with Gasteiger partial charge in [0.15, 0.2) is 0 Å². The minimum atomic E-state index is -0.814. The van der Waals surface area contributed by atoms with Crippen molar-refractivity contribution in [3.05, 3.63) is 71.2 Å². The molecule has 0 fully saturated rings. The highest BCUT2D eigenvalue weighted by Crippen LogP contribution is 2.22. The van der Waals surface area contributed by atoms with Gasteiger partial charge in [-0.2, -0.15) is 5.26 Å². The largest absolute Gasteiger partial charge is 0.341 e. The maximum absolute atomic E-state index is 12.5. The van der Waals surface area contributed by atoms with E-state index in [2.05, 4.69) is 20.8 Å². The van der Waals surface area contributed by atoms with Crippen LogP contribution in [0.1, 0.15) is 15.9 Å². The lowest BCUT2D eigenvalue weighted by Crippen LogP contribution is -2.48. The Kier molecular flexibility index (Phi) is 6.44. The monoisotopic (exact) mass is 391 g/mol. The number of carbonyl (C=O) groups is 2. The summed E-state index contributed by atoms with van der Waals surface area (Å²) >= 11 is 1.42. The molecular weight excluding hydrogens is 374 g/mol. The van der Waals surface area contributed by atoms with E-state index < -0.39 is 11.9 Å². The molecule has 0 saturated heterocycles. The van der Waals surface area contributed by atoms with Crippen molar-refractivity contribution >= 4 is 23.2 Å². The quantitative estimate of drug-likeness (QED) is 0.600. The van der Waals surface area contributed by atoms with E-state index in [0.29, 0.717) is 5.56 Å². The summed E-state index contributed by atoms with van der Waals surface area (Å²) in [6.45, 7) is -0.124. The van der Waals surface area contributed by atoms with Gasteiger partial charge < -0.3 is 10.6 Å². The first-order valence-corrected chi connectivity index (χ1v) is 9.41. The lowest BCUT2D eigenvalue weighted by molar-refractivity contribution is -0.122. The maximum Gasteiger partial charge on any atom is 0.251 e. The second kappa shape index (κ2) is 9.39. The van der Waals surface area contributed by atoms with Gasteiger partial charge in [-0.3, -0.25) is 9.59 Å². The number of hydrogen-bond donors (Lipinski definition) is 2. The van der Waals surface area contributed by atoms with Crippen LogP contribution < -0.4 is 10.6 Å². The Morgan fingerprint density at radius 3 is 2.68 bits per heavy atom. The first-order valence-electron chi connectivity index (χ1n) is 8.53. The lowest BCUT2D eigenvalue weighted by Gasteiger charge is -2.18. The molecule has 0 aliphatic carbocycles. The van der Waals surface area contributed by atoms with Crippen LogP contribution in [0.2, 0.25) is 0 Å². The van der Waals surface area contributed by atoms with Crippen LogP contribution in [-0.2, 0) is 11.2 Å². The van der Waals surface area contributed by atoms with Crippen LogP contribution in [-0.4, -0.2) is 34.6 Å². The topological polar surface area (TPSA) is 108 Å². The van der Waals surface area contributed by atoms with Crippen molar-refractivity contribution in [3.63, 3.8) is 0 Å². The second-order valence-electron chi connectivity index (χ2n) is 5.92. The molecule has 3 aromatic rings. The van der Waals surface area contributed by atoms with E-state index in [4.69, 9.17) is 5.26 Å². The van der Waals surface area contributed by atoms with Gasteiger partial charge in [0.2, 0.25) is 5.91 Å². The van der Waals surface area contributed by atoms with Crippen LogP contribution in [0, 0.1) is 11.3 Å². The molecule has 2 amide bonds. The fraction of sp³-hybridized carbons (Fsp3) is 0.150. The van der Waals surface area contributed by atoms with Gasteiger partial charge in [-0.05, 0) is 23.8 Å². The Morgan fingerprint density at radius 2 is 1.96 bits per heavy atom. The van der Waals surface area contributed by atoms with E-state index in [0.717, 1.165) is 16.1 Å². The van der Waals surface area contributed by atoms with Gasteiger partial charge in [0, 0.05) is 17.5 Å². The predicted octanol–water partition coefficient (Wildman–Crippen LogP) is 2.19. The Labute approximate surface area is 166 Å². The van der Waals surface area contributed by atoms with Gasteiger partial charge in [0.25, 0.3) is 5.91 Å². The molecule has 7 nitrogen and oxygen atoms in total. The van der Waals surface area contributed by atoms with Gasteiger partial charge in [-0.25, -0.2) is 0 Å². The molecule has 2 aromatic carbocycles. The maximum atomic E-state index is 12.5. The molecule has 0 saturated carbocycles. The van der Waals surface area contributed by atoms with E-state index in [-0.39, 0.29) is 18.9 Å². The van der Waals surface area contributed by atoms with Crippen molar-refractivity contribution in [2.75, 3.05) is 6.54 Å². The van der Waals surface area contributed by atoms with Crippen LogP contribution in [0.4, 0.5) is 0 Å². The summed E-state index contributed by atoms with van der Waals surface area (Å²) in [6.07, 6.45) is 0.280. The normalized spacial score (nSPS) is 11.2. The molecule has 1 aromatic heterocycles. The standard InChI is InChI=1S/C20H17N5O2S/c21-9-10-22-19(27)17(24-18(26)15-6-2-1-3-7-15)12-14-5-4-8-16(11-14)20-25-23-13-28-20/h1-8,11,13,17H,10,12H2,(H,22,27)(H,24,26)/t17-/m0/s1. The Morgan fingerprint density at radius 1 is 1.14 bits per heavy atom. The molecule has 0 bridgehead atoms. The predicted molar refractivity (Wildman–Crippen MR) is 105 cm³/mol. The number of hydrogen-bond acceptors (Lipinski definition) is 6. The summed E-state index contributed by atoms with van der Waals surface area (Å²) in [4.78, 5) is 25.0. The second-order valence-corrected chi connectivity index (χ2v) is 6.75. The van der Waals surface area contributed by atoms with Crippen LogP contribution in [0.3, 0.4) is 0 Å². The number of amides is 2. The number of nitrogens with zero attached hydrogens (tertiary/aromatic N) is 3. The Bertz CT molecular complexity index is 983. The molecule has 3 rings (SSSR count). The van der Waals surface area contributed by atoms with E-state index in [1.54, 1.807) is 29.8 Å². The van der Waals surface area contributed by atoms with Crippen LogP contribution in [0.15, 0.2) is 60.1 Å². The zero-order chi connectivity index (χ0) is 19.8. The molecule has 0 aliphatic rings. The van der Waals surface area contributed by atoms with Crippen molar-refractivity contribution in [1.29, 1.82) is 5.26 Å². The van der Waals surface area contributed by atoms with Crippen molar-refractivity contribution in [3.8, 4) is 16.6 Å². The summed E-state index contributed by atoms with van der Waals surface area (Å²) in [5.41, 5.74) is 3.87. The van der Waals surface area contributed by atoms with Gasteiger partial charge in [-0.1, -0.05) is 47.7 Å². The van der Waals surface area contributed by atoms with Gasteiger partial charge >= 0.3 is 0 Å². The molecule has 0 spiro atoms. The van der Waals surface area contributed by atoms with Crippen molar-refractivity contribution in [2.45, 2.75) is 12.5 Å². The fourth-order valence-corrected chi connectivity index (χ4v) is 3.21. The van der Waals surface area contributed by atoms with E-state index in [1.165, 1.54) is 11.3 Å². The minimum absolute atomic E-state index is 0.124. The highest BCUT2D eigenvalue weighted by molar-refractivity contribution is 7.12. The van der Waals surface area contributed by atoms with E-state index in [1.807, 2.05) is 36.4 Å². The molecule has 1 heterocycles. The van der Waals surface area contributed by atoms with Crippen molar-refractivity contribution in [1.82, 2.24) is 20.8 Å². The zero-order valence-corrected chi connectivity index (χ0v) is 15.6. The third-order valence-corrected chi connectivity index (χ3v) is 4.71. The Hall–Kier alpha value is -3.57. The average molecular weight is 391 g/mol. The van der Waals surface area contributed by atoms with Crippen molar-refractivity contribution in [2.24, 2.45) is 0 Å². The van der Waals surface area contributed by atoms with Crippen LogP contribution in [0.5, 0.6) is 0 Å². The molecule has 140 valence electrons. The number of rotatable bonds is 7. The SMILES string of the molecule is N#CCNC(=O)[C@H](Cc1cccc(-c2nncs2)c1)NC(=O)c1ccccc1. The molecule has 0 aliphatic heterocycles. The summed E-state index contributed by atoms with van der Waals surface area (Å²) in [5.74, 6) is -0.759. The molecule has 0 radical (unpaired) electrons. The Balaban J connectivity index is 1.79. The zero-order valence-electron chi connectivity index (χ0n) is 14.8. The highest BCUT2D eigenvalue weighted by atomic mass is 32.1. The highest BCUT2D eigenvalue weighted by Gasteiger charge is 2.22. The molecular formula is C20H17N5O2S. The van der Waals surface area contributed by atoms with E-state index in [9.17, 15) is 9.59 Å². The summed E-state index contributed by atoms with van der Waals surface area (Å²) in [7, 11) is 0. The number of aromatic nitrogens is 2. The number of nitrogens with one attached hydrogen (secondary N) is 2. The van der Waals surface area contributed by atoms with Crippen molar-refractivity contribution < 1.29 is 9.59 Å². The number of carbonyl (C=O) groups excluding carboxylic acids is 2. The van der Waals surface area contributed by atoms with E-state index >= 15 is 0 Å². The van der Waals surface area contributed by atoms with Gasteiger partial charge in [0.05, 0.1) is 6.07 Å². The molecule has 8 heteroatoms. The molecule has 2 N–H and O–H groups in total. The fourth-order valence-electron chi connectivity index (χ4n) is 2.66. The smallest absolute Gasteiger partial charge is 0.251 e. The minimum Gasteiger partial charge on any atom is -0.341 e. The molecule has 28 heavy (non-hydrogen) atoms. The third-order valence-electron chi connectivity index (χ3n) is 3.97. The summed E-state index contributed by atoms with van der Waals surface area (Å²) in [5, 5.41) is 22.7. The summed E-state index contributed by atoms with van der Waals surface area (Å²) < 4.78 is 0. The lowest BCUT2D eigenvalue weighted by atomic mass is 10.0. The molecule has 0 unspecified atom stereocenters. The van der Waals surface area contributed by atoms with Crippen LogP contribution in [0.25, 0.3) is 10.6 Å².